The Kier molecular flexibility index (Phi) is 6.48. The molecule has 0 saturated carbocycles. The third-order valence-corrected chi connectivity index (χ3v) is 4.34. The second-order valence-electron chi connectivity index (χ2n) is 6.62. The minimum absolute atomic E-state index is 0.0732. The van der Waals surface area contributed by atoms with Crippen LogP contribution >= 0.6 is 11.6 Å². The van der Waals surface area contributed by atoms with Gasteiger partial charge in [-0.1, -0.05) is 25.4 Å². The summed E-state index contributed by atoms with van der Waals surface area (Å²) in [5.41, 5.74) is 3.86. The highest BCUT2D eigenvalue weighted by molar-refractivity contribution is 6.31. The van der Waals surface area contributed by atoms with Crippen molar-refractivity contribution < 1.29 is 9.53 Å². The van der Waals surface area contributed by atoms with Gasteiger partial charge in [-0.2, -0.15) is 5.10 Å². The maximum Gasteiger partial charge on any atom is 0.224 e. The molecule has 1 heterocycles. The monoisotopic (exact) mass is 363 g/mol. The van der Waals surface area contributed by atoms with Crippen LogP contribution in [0.4, 0.5) is 5.69 Å². The zero-order valence-electron chi connectivity index (χ0n) is 15.5. The van der Waals surface area contributed by atoms with Crippen LogP contribution in [0.5, 0.6) is 5.75 Å². The quantitative estimate of drug-likeness (QED) is 0.793. The van der Waals surface area contributed by atoms with E-state index >= 15 is 0 Å². The number of hydrogen-bond acceptors (Lipinski definition) is 3. The lowest BCUT2D eigenvalue weighted by Crippen LogP contribution is -2.13. The van der Waals surface area contributed by atoms with Gasteiger partial charge in [-0.3, -0.25) is 9.48 Å². The lowest BCUT2D eigenvalue weighted by atomic mass is 10.1. The molecule has 136 valence electrons. The lowest BCUT2D eigenvalue weighted by molar-refractivity contribution is -0.116. The Morgan fingerprint density at radius 1 is 1.36 bits per heavy atom. The van der Waals surface area contributed by atoms with Crippen molar-refractivity contribution in [1.29, 1.82) is 0 Å². The van der Waals surface area contributed by atoms with Gasteiger partial charge in [0.25, 0.3) is 0 Å². The van der Waals surface area contributed by atoms with Crippen molar-refractivity contribution in [3.05, 3.63) is 40.2 Å². The van der Waals surface area contributed by atoms with Crippen molar-refractivity contribution in [2.24, 2.45) is 5.92 Å². The number of halogens is 1. The van der Waals surface area contributed by atoms with Crippen molar-refractivity contribution in [3.63, 3.8) is 0 Å². The molecule has 0 atom stereocenters. The van der Waals surface area contributed by atoms with Crippen LogP contribution < -0.4 is 10.1 Å². The zero-order chi connectivity index (χ0) is 18.6. The normalized spacial score (nSPS) is 11.0. The van der Waals surface area contributed by atoms with Gasteiger partial charge in [-0.05, 0) is 49.9 Å². The summed E-state index contributed by atoms with van der Waals surface area (Å²) in [5.74, 6) is 1.05. The summed E-state index contributed by atoms with van der Waals surface area (Å²) in [6.45, 7) is 9.29. The molecule has 5 nitrogen and oxygen atoms in total. The van der Waals surface area contributed by atoms with Gasteiger partial charge in [-0.25, -0.2) is 0 Å². The molecule has 1 aromatic carbocycles. The van der Waals surface area contributed by atoms with Crippen LogP contribution in [-0.2, 0) is 17.8 Å². The summed E-state index contributed by atoms with van der Waals surface area (Å²) in [6.07, 6.45) is 1.04. The van der Waals surface area contributed by atoms with Gasteiger partial charge < -0.3 is 10.1 Å². The molecule has 0 bridgehead atoms. The Balaban J connectivity index is 2.03. The first kappa shape index (κ1) is 19.3. The predicted octanol–water partition coefficient (Wildman–Crippen LogP) is 4.39. The molecular weight excluding hydrogens is 338 g/mol. The third-order valence-electron chi connectivity index (χ3n) is 4.11. The van der Waals surface area contributed by atoms with Crippen LogP contribution in [0.1, 0.15) is 37.2 Å². The number of ether oxygens (including phenoxy) is 1. The van der Waals surface area contributed by atoms with Crippen LogP contribution in [-0.4, -0.2) is 22.8 Å². The maximum absolute atomic E-state index is 12.3. The maximum atomic E-state index is 12.3. The van der Waals surface area contributed by atoms with Crippen LogP contribution in [0.3, 0.4) is 0 Å². The number of carbonyl (C=O) groups is 1. The molecule has 6 heteroatoms. The van der Waals surface area contributed by atoms with E-state index in [1.54, 1.807) is 25.3 Å². The van der Waals surface area contributed by atoms with Gasteiger partial charge in [0.2, 0.25) is 5.91 Å². The molecule has 0 fully saturated rings. The number of carbonyl (C=O) groups excluding carboxylic acids is 1. The third kappa shape index (κ3) is 4.98. The summed E-state index contributed by atoms with van der Waals surface area (Å²) >= 11 is 6.00. The highest BCUT2D eigenvalue weighted by Crippen LogP contribution is 2.28. The molecule has 0 aliphatic heterocycles. The first-order valence-corrected chi connectivity index (χ1v) is 8.85. The summed E-state index contributed by atoms with van der Waals surface area (Å²) < 4.78 is 7.29. The number of nitrogens with zero attached hydrogens (tertiary/aromatic N) is 2. The number of hydrogen-bond donors (Lipinski definition) is 1. The number of aryl methyl sites for hydroxylation is 1. The highest BCUT2D eigenvalue weighted by atomic mass is 35.5. The van der Waals surface area contributed by atoms with E-state index in [2.05, 4.69) is 31.2 Å². The van der Waals surface area contributed by atoms with Crippen LogP contribution in [0.15, 0.2) is 18.2 Å². The van der Waals surface area contributed by atoms with Crippen molar-refractivity contribution in [3.8, 4) is 5.75 Å². The first-order valence-electron chi connectivity index (χ1n) is 8.48. The predicted molar refractivity (Wildman–Crippen MR) is 101 cm³/mol. The van der Waals surface area contributed by atoms with Crippen LogP contribution in [0.2, 0.25) is 5.02 Å². The average molecular weight is 364 g/mol. The molecule has 2 aromatic rings. The second kappa shape index (κ2) is 8.39. The zero-order valence-corrected chi connectivity index (χ0v) is 16.3. The fourth-order valence-electron chi connectivity index (χ4n) is 2.85. The molecule has 0 unspecified atom stereocenters. The Bertz CT molecular complexity index is 753. The van der Waals surface area contributed by atoms with E-state index in [0.29, 0.717) is 35.2 Å². The SMILES string of the molecule is COc1ccc(Cl)cc1NC(=O)CCc1c(C)nn(CC(C)C)c1C. The molecule has 0 spiro atoms. The molecule has 1 N–H and O–H groups in total. The van der Waals surface area contributed by atoms with Crippen molar-refractivity contribution in [2.75, 3.05) is 12.4 Å². The van der Waals surface area contributed by atoms with Gasteiger partial charge in [-0.15, -0.1) is 0 Å². The fourth-order valence-corrected chi connectivity index (χ4v) is 3.02. The van der Waals surface area contributed by atoms with Crippen LogP contribution in [0, 0.1) is 19.8 Å². The van der Waals surface area contributed by atoms with Gasteiger partial charge in [0.05, 0.1) is 18.5 Å². The van der Waals surface area contributed by atoms with E-state index in [4.69, 9.17) is 16.3 Å². The number of rotatable bonds is 7. The van der Waals surface area contributed by atoms with E-state index in [-0.39, 0.29) is 5.91 Å². The smallest absolute Gasteiger partial charge is 0.224 e. The van der Waals surface area contributed by atoms with Gasteiger partial charge in [0.1, 0.15) is 5.75 Å². The topological polar surface area (TPSA) is 56.1 Å². The van der Waals surface area contributed by atoms with Crippen molar-refractivity contribution in [1.82, 2.24) is 9.78 Å². The Hall–Kier alpha value is -2.01. The molecule has 0 aliphatic carbocycles. The minimum atomic E-state index is -0.0732. The molecule has 0 saturated heterocycles. The first-order chi connectivity index (χ1) is 11.8. The van der Waals surface area contributed by atoms with Crippen molar-refractivity contribution in [2.45, 2.75) is 47.1 Å². The van der Waals surface area contributed by atoms with E-state index in [0.717, 1.165) is 23.5 Å². The number of benzene rings is 1. The van der Waals surface area contributed by atoms with Gasteiger partial charge >= 0.3 is 0 Å². The largest absolute Gasteiger partial charge is 0.495 e. The number of anilines is 1. The standard InChI is InChI=1S/C19H26ClN3O2/c1-12(2)11-23-14(4)16(13(3)22-23)7-9-19(24)21-17-10-15(20)6-8-18(17)25-5/h6,8,10,12H,7,9,11H2,1-5H3,(H,21,24). The van der Waals surface area contributed by atoms with Crippen LogP contribution in [0.25, 0.3) is 0 Å². The number of amides is 1. The van der Waals surface area contributed by atoms with Gasteiger partial charge in [0, 0.05) is 23.7 Å². The average Bonchev–Trinajstić information content (AvgIpc) is 2.79. The minimum Gasteiger partial charge on any atom is -0.495 e. The summed E-state index contributed by atoms with van der Waals surface area (Å²) in [5, 5.41) is 8.03. The molecule has 1 aromatic heterocycles. The van der Waals surface area contributed by atoms with E-state index in [1.807, 2.05) is 11.6 Å². The highest BCUT2D eigenvalue weighted by Gasteiger charge is 2.15. The van der Waals surface area contributed by atoms with Crippen molar-refractivity contribution >= 4 is 23.2 Å². The fraction of sp³-hybridized carbons (Fsp3) is 0.474. The second-order valence-corrected chi connectivity index (χ2v) is 7.05. The number of nitrogens with one attached hydrogen (secondary N) is 1. The summed E-state index contributed by atoms with van der Waals surface area (Å²) in [4.78, 5) is 12.3. The molecule has 0 radical (unpaired) electrons. The van der Waals surface area contributed by atoms with Gasteiger partial charge in [0.15, 0.2) is 0 Å². The molecular formula is C19H26ClN3O2. The van der Waals surface area contributed by atoms with E-state index < -0.39 is 0 Å². The lowest BCUT2D eigenvalue weighted by Gasteiger charge is -2.11. The Morgan fingerprint density at radius 3 is 2.72 bits per heavy atom. The molecule has 1 amide bonds. The summed E-state index contributed by atoms with van der Waals surface area (Å²) in [6, 6.07) is 5.16. The molecule has 25 heavy (non-hydrogen) atoms. The Morgan fingerprint density at radius 2 is 2.08 bits per heavy atom. The number of aromatic nitrogens is 2. The Labute approximate surface area is 154 Å². The molecule has 0 aliphatic rings. The van der Waals surface area contributed by atoms with E-state index in [9.17, 15) is 4.79 Å². The number of methoxy groups -OCH3 is 1. The van der Waals surface area contributed by atoms with E-state index in [1.165, 1.54) is 0 Å². The summed E-state index contributed by atoms with van der Waals surface area (Å²) in [7, 11) is 1.56. The molecule has 2 rings (SSSR count).